The van der Waals surface area contributed by atoms with Crippen LogP contribution in [-0.2, 0) is 0 Å². The van der Waals surface area contributed by atoms with Gasteiger partial charge in [-0.15, -0.1) is 0 Å². The van der Waals surface area contributed by atoms with Gasteiger partial charge in [0.25, 0.3) is 5.78 Å². The Bertz CT molecular complexity index is 992. The summed E-state index contributed by atoms with van der Waals surface area (Å²) in [6, 6.07) is 23.9. The zero-order chi connectivity index (χ0) is 15.8. The van der Waals surface area contributed by atoms with Crippen LogP contribution in [0, 0.1) is 0 Å². The molecule has 0 bridgehead atoms. The number of carbonyl (C=O) groups excluding carboxylic acids is 2. The van der Waals surface area contributed by atoms with Crippen LogP contribution < -0.4 is 0 Å². The molecular formula is C20H13NO2. The fourth-order valence-electron chi connectivity index (χ4n) is 2.96. The maximum absolute atomic E-state index is 12.8. The molecule has 0 aliphatic carbocycles. The van der Waals surface area contributed by atoms with E-state index in [1.54, 1.807) is 24.3 Å². The lowest BCUT2D eigenvalue weighted by Gasteiger charge is -2.05. The van der Waals surface area contributed by atoms with Crippen molar-refractivity contribution in [1.29, 1.82) is 0 Å². The number of carbonyl (C=O) groups is 2. The molecule has 0 N–H and O–H groups in total. The molecule has 0 unspecified atom stereocenters. The monoisotopic (exact) mass is 299 g/mol. The first-order chi connectivity index (χ1) is 11.3. The second-order valence-electron chi connectivity index (χ2n) is 5.37. The summed E-state index contributed by atoms with van der Waals surface area (Å²) < 4.78 is 1.51. The quantitative estimate of drug-likeness (QED) is 0.408. The van der Waals surface area contributed by atoms with Crippen LogP contribution in [0.15, 0.2) is 78.9 Å². The second-order valence-corrected chi connectivity index (χ2v) is 5.37. The maximum Gasteiger partial charge on any atom is 0.303 e. The van der Waals surface area contributed by atoms with Gasteiger partial charge in [0.2, 0.25) is 0 Å². The van der Waals surface area contributed by atoms with Gasteiger partial charge in [-0.05, 0) is 12.1 Å². The summed E-state index contributed by atoms with van der Waals surface area (Å²) in [5.41, 5.74) is 1.91. The smallest absolute Gasteiger partial charge is 0.283 e. The van der Waals surface area contributed by atoms with Crippen molar-refractivity contribution in [2.24, 2.45) is 0 Å². The number of Topliss-reactive ketones (excluding diaryl/α,β-unsaturated/α-hetero) is 1. The molecule has 0 fully saturated rings. The number of fused-ring (bicyclic) bond motifs is 3. The fraction of sp³-hybridized carbons (Fsp3) is 0. The summed E-state index contributed by atoms with van der Waals surface area (Å²) in [5, 5.41) is 1.94. The lowest BCUT2D eigenvalue weighted by molar-refractivity contribution is 0.0771. The minimum Gasteiger partial charge on any atom is -0.283 e. The number of nitrogens with zero attached hydrogens (tertiary/aromatic N) is 1. The average Bonchev–Trinajstić information content (AvgIpc) is 2.96. The second kappa shape index (κ2) is 5.21. The Balaban J connectivity index is 1.97. The van der Waals surface area contributed by atoms with Crippen molar-refractivity contribution in [3.05, 3.63) is 84.4 Å². The molecule has 0 spiro atoms. The first kappa shape index (κ1) is 13.5. The van der Waals surface area contributed by atoms with Crippen LogP contribution in [0.4, 0.5) is 0 Å². The predicted molar refractivity (Wildman–Crippen MR) is 90.8 cm³/mol. The molecule has 0 saturated heterocycles. The van der Waals surface area contributed by atoms with E-state index in [-0.39, 0.29) is 0 Å². The lowest BCUT2D eigenvalue weighted by Crippen LogP contribution is -2.21. The summed E-state index contributed by atoms with van der Waals surface area (Å²) >= 11 is 0. The average molecular weight is 299 g/mol. The van der Waals surface area contributed by atoms with Gasteiger partial charge >= 0.3 is 5.91 Å². The van der Waals surface area contributed by atoms with Gasteiger partial charge in [0.1, 0.15) is 0 Å². The number of aromatic nitrogens is 1. The Labute approximate surface area is 132 Å². The standard InChI is InChI=1S/C20H13NO2/c22-19(14-8-2-1-3-9-14)20(23)21-17-12-6-4-10-15(17)16-11-5-7-13-18(16)21/h1-13H. The highest BCUT2D eigenvalue weighted by molar-refractivity contribution is 6.45. The normalized spacial score (nSPS) is 11.0. The van der Waals surface area contributed by atoms with Crippen molar-refractivity contribution in [3.63, 3.8) is 0 Å². The Morgan fingerprint density at radius 1 is 0.609 bits per heavy atom. The van der Waals surface area contributed by atoms with E-state index in [0.29, 0.717) is 5.56 Å². The van der Waals surface area contributed by atoms with Gasteiger partial charge in [-0.2, -0.15) is 0 Å². The fourth-order valence-corrected chi connectivity index (χ4v) is 2.96. The Morgan fingerprint density at radius 2 is 1.09 bits per heavy atom. The van der Waals surface area contributed by atoms with E-state index in [1.807, 2.05) is 54.6 Å². The maximum atomic E-state index is 12.8. The summed E-state index contributed by atoms with van der Waals surface area (Å²) in [6.45, 7) is 0. The van der Waals surface area contributed by atoms with E-state index >= 15 is 0 Å². The van der Waals surface area contributed by atoms with E-state index in [4.69, 9.17) is 0 Å². The van der Waals surface area contributed by atoms with Crippen molar-refractivity contribution in [2.75, 3.05) is 0 Å². The third-order valence-corrected chi connectivity index (χ3v) is 4.01. The molecule has 0 radical (unpaired) electrons. The molecule has 23 heavy (non-hydrogen) atoms. The largest absolute Gasteiger partial charge is 0.303 e. The molecule has 4 rings (SSSR count). The molecule has 1 heterocycles. The zero-order valence-corrected chi connectivity index (χ0v) is 12.3. The van der Waals surface area contributed by atoms with Crippen LogP contribution in [0.5, 0.6) is 0 Å². The number of rotatable bonds is 2. The molecule has 0 saturated carbocycles. The first-order valence-electron chi connectivity index (χ1n) is 7.39. The van der Waals surface area contributed by atoms with Gasteiger partial charge in [-0.3, -0.25) is 14.2 Å². The van der Waals surface area contributed by atoms with E-state index < -0.39 is 11.7 Å². The van der Waals surface area contributed by atoms with Gasteiger partial charge < -0.3 is 0 Å². The molecule has 4 aromatic rings. The van der Waals surface area contributed by atoms with Crippen molar-refractivity contribution < 1.29 is 9.59 Å². The highest BCUT2D eigenvalue weighted by Gasteiger charge is 2.22. The molecule has 0 aliphatic heterocycles. The number of ketones is 1. The van der Waals surface area contributed by atoms with Crippen LogP contribution in [0.3, 0.4) is 0 Å². The van der Waals surface area contributed by atoms with Gasteiger partial charge in [0.15, 0.2) is 0 Å². The third kappa shape index (κ3) is 2.06. The van der Waals surface area contributed by atoms with Crippen LogP contribution >= 0.6 is 0 Å². The van der Waals surface area contributed by atoms with E-state index in [1.165, 1.54) is 4.57 Å². The van der Waals surface area contributed by atoms with Crippen LogP contribution in [0.2, 0.25) is 0 Å². The molecular weight excluding hydrogens is 286 g/mol. The van der Waals surface area contributed by atoms with Crippen molar-refractivity contribution in [3.8, 4) is 0 Å². The van der Waals surface area contributed by atoms with Gasteiger partial charge in [-0.1, -0.05) is 66.7 Å². The summed E-state index contributed by atoms with van der Waals surface area (Å²) in [7, 11) is 0. The lowest BCUT2D eigenvalue weighted by atomic mass is 10.1. The summed E-state index contributed by atoms with van der Waals surface area (Å²) in [6.07, 6.45) is 0. The van der Waals surface area contributed by atoms with Crippen molar-refractivity contribution in [2.45, 2.75) is 0 Å². The minimum absolute atomic E-state index is 0.402. The topological polar surface area (TPSA) is 39.1 Å². The SMILES string of the molecule is O=C(C(=O)n1c2ccccc2c2ccccc21)c1ccccc1. The molecule has 0 atom stereocenters. The Morgan fingerprint density at radius 3 is 1.65 bits per heavy atom. The van der Waals surface area contributed by atoms with Crippen LogP contribution in [-0.4, -0.2) is 16.3 Å². The number of hydrogen-bond acceptors (Lipinski definition) is 2. The molecule has 3 heteroatoms. The molecule has 0 aliphatic rings. The predicted octanol–water partition coefficient (Wildman–Crippen LogP) is 4.32. The molecule has 0 amide bonds. The molecule has 1 aromatic heterocycles. The minimum atomic E-state index is -0.534. The number of para-hydroxylation sites is 2. The van der Waals surface area contributed by atoms with Gasteiger partial charge in [0, 0.05) is 16.3 Å². The zero-order valence-electron chi connectivity index (χ0n) is 12.3. The Hall–Kier alpha value is -3.20. The van der Waals surface area contributed by atoms with Crippen LogP contribution in [0.1, 0.15) is 15.2 Å². The summed E-state index contributed by atoms with van der Waals surface area (Å²) in [5.74, 6) is -1.04. The Kier molecular flexibility index (Phi) is 3.05. The van der Waals surface area contributed by atoms with E-state index in [0.717, 1.165) is 21.8 Å². The van der Waals surface area contributed by atoms with Gasteiger partial charge in [-0.25, -0.2) is 0 Å². The van der Waals surface area contributed by atoms with E-state index in [9.17, 15) is 9.59 Å². The number of benzene rings is 3. The van der Waals surface area contributed by atoms with Gasteiger partial charge in [0.05, 0.1) is 11.0 Å². The highest BCUT2D eigenvalue weighted by atomic mass is 16.2. The van der Waals surface area contributed by atoms with Crippen molar-refractivity contribution in [1.82, 2.24) is 4.57 Å². The summed E-state index contributed by atoms with van der Waals surface area (Å²) in [4.78, 5) is 25.4. The molecule has 110 valence electrons. The third-order valence-electron chi connectivity index (χ3n) is 4.01. The van der Waals surface area contributed by atoms with Crippen molar-refractivity contribution >= 4 is 33.5 Å². The number of hydrogen-bond donors (Lipinski definition) is 0. The highest BCUT2D eigenvalue weighted by Crippen LogP contribution is 2.28. The molecule has 3 aromatic carbocycles. The van der Waals surface area contributed by atoms with E-state index in [2.05, 4.69) is 0 Å². The van der Waals surface area contributed by atoms with Crippen LogP contribution in [0.25, 0.3) is 21.8 Å². The molecule has 3 nitrogen and oxygen atoms in total. The first-order valence-corrected chi connectivity index (χ1v) is 7.39.